The molecule has 4 aromatic carbocycles. The average Bonchev–Trinajstić information content (AvgIpc) is 3.03. The van der Waals surface area contributed by atoms with Gasteiger partial charge in [0, 0.05) is 12.1 Å². The van der Waals surface area contributed by atoms with Gasteiger partial charge in [-0.2, -0.15) is 0 Å². The van der Waals surface area contributed by atoms with E-state index >= 15 is 0 Å². The van der Waals surface area contributed by atoms with Gasteiger partial charge in [0.05, 0.1) is 49.3 Å². The number of nitrogens with one attached hydrogen (secondary N) is 1. The van der Waals surface area contributed by atoms with Gasteiger partial charge in [-0.15, -0.1) is 0 Å². The molecule has 0 aliphatic heterocycles. The first-order valence-electron chi connectivity index (χ1n) is 15.9. The highest BCUT2D eigenvalue weighted by atomic mass is 35.5. The molecule has 0 saturated carbocycles. The number of hydrogen-bond acceptors (Lipinski definition) is 9. The topological polar surface area (TPSA) is 141 Å². The number of ether oxygens (including phenoxy) is 1. The number of halogens is 6. The Bertz CT molecular complexity index is 2430. The van der Waals surface area contributed by atoms with Crippen LogP contribution >= 0.6 is 23.2 Å². The molecule has 6 aromatic rings. The van der Waals surface area contributed by atoms with Crippen LogP contribution in [0.3, 0.4) is 0 Å². The Morgan fingerprint density at radius 1 is 0.755 bits per heavy atom. The molecule has 0 saturated heterocycles. The SMILES string of the molecule is CC(N)c1nc2cccc(Cl)c2c(=Nc2cc(F)cc(F)c2)o1.CC(NC(=O)OC(C)(C)C)c1nc2cccc(Cl)c2c(=Nc2cc(F)cc(F)c2)o1. The standard InChI is InChI=1S/C21H20ClF2N3O3.C16H12ClF2N3O/c1-11(25-20(28)30-21(2,3)4)18-27-16-7-5-6-15(22)17(16)19(29-18)26-14-9-12(23)8-13(24)10-14;1-8(20)15-22-13-4-2-3-12(17)14(13)16(23-15)21-11-6-9(18)5-10(19)7-11/h5-11H,1-4H3,(H,25,28);2-8H,20H2,1H3. The van der Waals surface area contributed by atoms with E-state index in [0.29, 0.717) is 31.9 Å². The molecule has 0 bridgehead atoms. The van der Waals surface area contributed by atoms with E-state index in [2.05, 4.69) is 25.3 Å². The highest BCUT2D eigenvalue weighted by molar-refractivity contribution is 6.35. The second-order valence-electron chi connectivity index (χ2n) is 12.6. The first-order valence-corrected chi connectivity index (χ1v) is 16.7. The van der Waals surface area contributed by atoms with Crippen LogP contribution in [0.1, 0.15) is 58.5 Å². The second-order valence-corrected chi connectivity index (χ2v) is 13.4. The summed E-state index contributed by atoms with van der Waals surface area (Å²) in [6.07, 6.45) is -0.649. The van der Waals surface area contributed by atoms with Gasteiger partial charge in [0.1, 0.15) is 34.9 Å². The molecule has 0 spiro atoms. The zero-order chi connectivity index (χ0) is 38.6. The molecule has 2 aromatic heterocycles. The van der Waals surface area contributed by atoms with Crippen molar-refractivity contribution in [2.75, 3.05) is 0 Å². The number of carbonyl (C=O) groups is 1. The Labute approximate surface area is 310 Å². The van der Waals surface area contributed by atoms with Crippen LogP contribution in [0.15, 0.2) is 91.6 Å². The number of alkyl carbamates (subject to hydrolysis) is 1. The van der Waals surface area contributed by atoms with E-state index in [1.165, 1.54) is 0 Å². The van der Waals surface area contributed by atoms with Crippen molar-refractivity contribution in [3.63, 3.8) is 0 Å². The fraction of sp³-hybridized carbons (Fsp3) is 0.216. The molecule has 3 N–H and O–H groups in total. The normalized spacial score (nSPS) is 13.4. The fourth-order valence-corrected chi connectivity index (χ4v) is 5.24. The smallest absolute Gasteiger partial charge is 0.408 e. The number of benzene rings is 4. The summed E-state index contributed by atoms with van der Waals surface area (Å²) >= 11 is 12.5. The summed E-state index contributed by atoms with van der Waals surface area (Å²) in [6, 6.07) is 14.8. The lowest BCUT2D eigenvalue weighted by molar-refractivity contribution is 0.0499. The molecule has 6 rings (SSSR count). The third-order valence-corrected chi connectivity index (χ3v) is 7.55. The van der Waals surface area contributed by atoms with Crippen molar-refractivity contribution < 1.29 is 35.9 Å². The molecule has 0 fully saturated rings. The molecule has 2 heterocycles. The number of carbonyl (C=O) groups excluding carboxylic acids is 1. The first-order chi connectivity index (χ1) is 24.9. The monoisotopic (exact) mass is 770 g/mol. The van der Waals surface area contributed by atoms with Crippen molar-refractivity contribution in [3.8, 4) is 0 Å². The Hall–Kier alpha value is -5.31. The van der Waals surface area contributed by atoms with E-state index in [4.69, 9.17) is 42.5 Å². The Morgan fingerprint density at radius 2 is 1.17 bits per heavy atom. The summed E-state index contributed by atoms with van der Waals surface area (Å²) in [6.45, 7) is 8.58. The van der Waals surface area contributed by atoms with Gasteiger partial charge in [-0.3, -0.25) is 0 Å². The second kappa shape index (κ2) is 16.1. The lowest BCUT2D eigenvalue weighted by atomic mass is 10.2. The molecule has 53 heavy (non-hydrogen) atoms. The summed E-state index contributed by atoms with van der Waals surface area (Å²) in [5.41, 5.74) is 6.27. The van der Waals surface area contributed by atoms with Crippen molar-refractivity contribution in [2.45, 2.75) is 52.3 Å². The van der Waals surface area contributed by atoms with E-state index < -0.39 is 47.0 Å². The lowest BCUT2D eigenvalue weighted by Crippen LogP contribution is -2.34. The maximum absolute atomic E-state index is 13.6. The van der Waals surface area contributed by atoms with E-state index in [1.54, 1.807) is 71.0 Å². The molecule has 10 nitrogen and oxygen atoms in total. The fourth-order valence-electron chi connectivity index (χ4n) is 4.74. The van der Waals surface area contributed by atoms with Crippen LogP contribution in [0.4, 0.5) is 33.7 Å². The molecule has 0 aliphatic carbocycles. The van der Waals surface area contributed by atoms with E-state index in [0.717, 1.165) is 36.4 Å². The number of nitrogens with two attached hydrogens (primary N) is 1. The van der Waals surface area contributed by atoms with Gasteiger partial charge < -0.3 is 24.6 Å². The molecule has 1 amide bonds. The van der Waals surface area contributed by atoms with Gasteiger partial charge in [-0.1, -0.05) is 35.3 Å². The summed E-state index contributed by atoms with van der Waals surface area (Å²) < 4.78 is 70.4. The maximum Gasteiger partial charge on any atom is 0.408 e. The minimum Gasteiger partial charge on any atom is -0.444 e. The maximum atomic E-state index is 13.6. The molecule has 16 heteroatoms. The van der Waals surface area contributed by atoms with Crippen LogP contribution in [-0.2, 0) is 4.74 Å². The first kappa shape index (κ1) is 38.9. The van der Waals surface area contributed by atoms with Gasteiger partial charge in [0.2, 0.25) is 22.9 Å². The van der Waals surface area contributed by atoms with Gasteiger partial charge >= 0.3 is 6.09 Å². The van der Waals surface area contributed by atoms with E-state index in [9.17, 15) is 22.4 Å². The molecule has 0 radical (unpaired) electrons. The largest absolute Gasteiger partial charge is 0.444 e. The molecular formula is C37H32Cl2F4N6O4. The number of hydrogen-bond donors (Lipinski definition) is 2. The Balaban J connectivity index is 0.000000211. The van der Waals surface area contributed by atoms with Crippen LogP contribution in [0.5, 0.6) is 0 Å². The summed E-state index contributed by atoms with van der Waals surface area (Å²) in [5, 5.41) is 4.12. The van der Waals surface area contributed by atoms with E-state index in [-0.39, 0.29) is 34.3 Å². The van der Waals surface area contributed by atoms with Crippen LogP contribution in [0.25, 0.3) is 21.8 Å². The van der Waals surface area contributed by atoms with Gasteiger partial charge in [-0.25, -0.2) is 42.3 Å². The predicted molar refractivity (Wildman–Crippen MR) is 192 cm³/mol. The number of fused-ring (bicyclic) bond motifs is 2. The van der Waals surface area contributed by atoms with Gasteiger partial charge in [0.25, 0.3) is 0 Å². The molecule has 276 valence electrons. The highest BCUT2D eigenvalue weighted by Gasteiger charge is 2.21. The summed E-state index contributed by atoms with van der Waals surface area (Å²) in [4.78, 5) is 29.1. The molecule has 0 aliphatic rings. The zero-order valence-electron chi connectivity index (χ0n) is 28.8. The third-order valence-electron chi connectivity index (χ3n) is 6.92. The van der Waals surface area contributed by atoms with Crippen LogP contribution in [-0.4, -0.2) is 21.7 Å². The number of aromatic nitrogens is 2. The zero-order valence-corrected chi connectivity index (χ0v) is 30.4. The van der Waals surface area contributed by atoms with Crippen LogP contribution < -0.4 is 22.2 Å². The predicted octanol–water partition coefficient (Wildman–Crippen LogP) is 9.59. The molecule has 2 atom stereocenters. The summed E-state index contributed by atoms with van der Waals surface area (Å²) in [5.74, 6) is -2.67. The van der Waals surface area contributed by atoms with Crippen LogP contribution in [0.2, 0.25) is 10.0 Å². The number of rotatable bonds is 5. The van der Waals surface area contributed by atoms with Gasteiger partial charge in [0.15, 0.2) is 0 Å². The van der Waals surface area contributed by atoms with Crippen molar-refractivity contribution in [1.29, 1.82) is 0 Å². The molecule has 2 unspecified atom stereocenters. The van der Waals surface area contributed by atoms with Crippen molar-refractivity contribution in [2.24, 2.45) is 15.7 Å². The molecular weight excluding hydrogens is 739 g/mol. The summed E-state index contributed by atoms with van der Waals surface area (Å²) in [7, 11) is 0. The lowest BCUT2D eigenvalue weighted by Gasteiger charge is -2.21. The third kappa shape index (κ3) is 10.2. The Kier molecular flexibility index (Phi) is 11.9. The van der Waals surface area contributed by atoms with Crippen molar-refractivity contribution in [3.05, 3.63) is 129 Å². The number of amides is 1. The van der Waals surface area contributed by atoms with Crippen molar-refractivity contribution >= 4 is 62.5 Å². The highest BCUT2D eigenvalue weighted by Crippen LogP contribution is 2.24. The van der Waals surface area contributed by atoms with E-state index in [1.807, 2.05) is 0 Å². The van der Waals surface area contributed by atoms with Gasteiger partial charge in [-0.05, 0) is 83.1 Å². The average molecular weight is 772 g/mol. The minimum absolute atomic E-state index is 0.00220. The van der Waals surface area contributed by atoms with Crippen molar-refractivity contribution in [1.82, 2.24) is 15.3 Å². The quantitative estimate of drug-likeness (QED) is 0.166. The Morgan fingerprint density at radius 3 is 1.58 bits per heavy atom. The minimum atomic E-state index is -0.779. The number of nitrogens with zero attached hydrogens (tertiary/aromatic N) is 4. The van der Waals surface area contributed by atoms with Crippen LogP contribution in [0, 0.1) is 23.3 Å².